The first-order chi connectivity index (χ1) is 8.89. The first kappa shape index (κ1) is 15.8. The molecule has 0 aromatic heterocycles. The molecule has 0 spiro atoms. The van der Waals surface area contributed by atoms with Crippen LogP contribution in [0, 0.1) is 0 Å². The molecule has 1 aliphatic carbocycles. The quantitative estimate of drug-likeness (QED) is 0.574. The van der Waals surface area contributed by atoms with Crippen molar-refractivity contribution in [3.8, 4) is 0 Å². The van der Waals surface area contributed by atoms with E-state index in [2.05, 4.69) is 12.2 Å². The van der Waals surface area contributed by atoms with Gasteiger partial charge < -0.3 is 5.11 Å². The van der Waals surface area contributed by atoms with E-state index in [4.69, 9.17) is 0 Å². The van der Waals surface area contributed by atoms with Crippen LogP contribution in [0.15, 0.2) is 12.2 Å². The second kappa shape index (κ2) is 11.8. The molecular weight excluding hydrogens is 220 g/mol. The molecule has 1 N–H and O–H groups in total. The summed E-state index contributed by atoms with van der Waals surface area (Å²) in [5, 5.41) is 9.85. The first-order valence-corrected chi connectivity index (χ1v) is 8.22. The summed E-state index contributed by atoms with van der Waals surface area (Å²) in [5.74, 6) is 0. The molecule has 0 fully saturated rings. The topological polar surface area (TPSA) is 20.2 Å². The van der Waals surface area contributed by atoms with Crippen molar-refractivity contribution in [1.82, 2.24) is 0 Å². The Labute approximate surface area is 114 Å². The summed E-state index contributed by atoms with van der Waals surface area (Å²) in [4.78, 5) is 0. The molecule has 0 aliphatic heterocycles. The van der Waals surface area contributed by atoms with Crippen LogP contribution in [0.1, 0.15) is 89.9 Å². The van der Waals surface area contributed by atoms with E-state index >= 15 is 0 Å². The van der Waals surface area contributed by atoms with Crippen molar-refractivity contribution in [2.24, 2.45) is 0 Å². The van der Waals surface area contributed by atoms with E-state index in [9.17, 15) is 5.11 Å². The standard InChI is InChI=1S/C17H32O/c18-17-15-13-11-9-7-5-3-1-2-4-6-8-10-12-14-16-17/h1,3,17-18H,2,4-16H2/b3-1-. The van der Waals surface area contributed by atoms with Crippen LogP contribution in [0.2, 0.25) is 0 Å². The van der Waals surface area contributed by atoms with E-state index in [0.717, 1.165) is 12.8 Å². The predicted molar refractivity (Wildman–Crippen MR) is 79.8 cm³/mol. The first-order valence-electron chi connectivity index (χ1n) is 8.22. The molecule has 1 atom stereocenters. The number of hydrogen-bond acceptors (Lipinski definition) is 1. The summed E-state index contributed by atoms with van der Waals surface area (Å²) < 4.78 is 0. The lowest BCUT2D eigenvalue weighted by Gasteiger charge is -2.10. The van der Waals surface area contributed by atoms with Crippen LogP contribution in [-0.4, -0.2) is 11.2 Å². The number of hydrogen-bond donors (Lipinski definition) is 1. The molecule has 1 aliphatic rings. The van der Waals surface area contributed by atoms with E-state index in [1.807, 2.05) is 0 Å². The minimum absolute atomic E-state index is 0.0272. The number of rotatable bonds is 0. The summed E-state index contributed by atoms with van der Waals surface area (Å²) in [5.41, 5.74) is 0. The number of aliphatic hydroxyl groups is 1. The monoisotopic (exact) mass is 252 g/mol. The maximum absolute atomic E-state index is 9.85. The Kier molecular flexibility index (Phi) is 10.3. The lowest BCUT2D eigenvalue weighted by Crippen LogP contribution is -2.05. The highest BCUT2D eigenvalue weighted by molar-refractivity contribution is 4.81. The SMILES string of the molecule is OC1CCCCCC/C=C\CCCCCCCC1. The van der Waals surface area contributed by atoms with Crippen molar-refractivity contribution < 1.29 is 5.11 Å². The summed E-state index contributed by atoms with van der Waals surface area (Å²) in [6, 6.07) is 0. The largest absolute Gasteiger partial charge is 0.393 e. The average Bonchev–Trinajstić information content (AvgIpc) is 2.37. The van der Waals surface area contributed by atoms with Gasteiger partial charge in [-0.05, 0) is 38.5 Å². The highest BCUT2D eigenvalue weighted by atomic mass is 16.3. The van der Waals surface area contributed by atoms with Gasteiger partial charge in [0.2, 0.25) is 0 Å². The van der Waals surface area contributed by atoms with E-state index in [-0.39, 0.29) is 6.10 Å². The fourth-order valence-corrected chi connectivity index (χ4v) is 2.73. The van der Waals surface area contributed by atoms with E-state index in [1.54, 1.807) is 0 Å². The summed E-state index contributed by atoms with van der Waals surface area (Å²) in [7, 11) is 0. The van der Waals surface area contributed by atoms with Crippen molar-refractivity contribution in [2.45, 2.75) is 96.0 Å². The van der Waals surface area contributed by atoms with E-state index in [1.165, 1.54) is 77.0 Å². The third-order valence-corrected chi connectivity index (χ3v) is 3.98. The molecule has 18 heavy (non-hydrogen) atoms. The highest BCUT2D eigenvalue weighted by Crippen LogP contribution is 2.14. The Morgan fingerprint density at radius 3 is 1.44 bits per heavy atom. The van der Waals surface area contributed by atoms with Crippen LogP contribution in [0.3, 0.4) is 0 Å². The van der Waals surface area contributed by atoms with Crippen LogP contribution in [0.5, 0.6) is 0 Å². The van der Waals surface area contributed by atoms with Crippen molar-refractivity contribution in [1.29, 1.82) is 0 Å². The second-order valence-electron chi connectivity index (χ2n) is 5.82. The minimum Gasteiger partial charge on any atom is -0.393 e. The van der Waals surface area contributed by atoms with E-state index in [0.29, 0.717) is 0 Å². The molecule has 0 aromatic carbocycles. The van der Waals surface area contributed by atoms with Gasteiger partial charge in [-0.25, -0.2) is 0 Å². The summed E-state index contributed by atoms with van der Waals surface area (Å²) in [6.45, 7) is 0. The van der Waals surface area contributed by atoms with Gasteiger partial charge in [0.1, 0.15) is 0 Å². The molecular formula is C17H32O. The predicted octanol–water partition coefficient (Wildman–Crippen LogP) is 5.38. The van der Waals surface area contributed by atoms with Crippen LogP contribution >= 0.6 is 0 Å². The number of allylic oxidation sites excluding steroid dienone is 2. The van der Waals surface area contributed by atoms with Gasteiger partial charge in [-0.3, -0.25) is 0 Å². The van der Waals surface area contributed by atoms with Crippen molar-refractivity contribution in [2.75, 3.05) is 0 Å². The van der Waals surface area contributed by atoms with Crippen molar-refractivity contribution in [3.63, 3.8) is 0 Å². The van der Waals surface area contributed by atoms with Crippen molar-refractivity contribution in [3.05, 3.63) is 12.2 Å². The lowest BCUT2D eigenvalue weighted by molar-refractivity contribution is 0.147. The smallest absolute Gasteiger partial charge is 0.0540 e. The fraction of sp³-hybridized carbons (Fsp3) is 0.882. The molecule has 0 bridgehead atoms. The Balaban J connectivity index is 2.15. The average molecular weight is 252 g/mol. The molecule has 106 valence electrons. The maximum Gasteiger partial charge on any atom is 0.0540 e. The fourth-order valence-electron chi connectivity index (χ4n) is 2.73. The zero-order valence-corrected chi connectivity index (χ0v) is 12.1. The molecule has 1 rings (SSSR count). The number of aliphatic hydroxyl groups excluding tert-OH is 1. The van der Waals surface area contributed by atoms with Gasteiger partial charge >= 0.3 is 0 Å². The molecule has 0 heterocycles. The minimum atomic E-state index is -0.0272. The zero-order chi connectivity index (χ0) is 12.9. The molecule has 0 aromatic rings. The maximum atomic E-state index is 9.85. The highest BCUT2D eigenvalue weighted by Gasteiger charge is 2.03. The third-order valence-electron chi connectivity index (χ3n) is 3.98. The molecule has 0 radical (unpaired) electrons. The Bertz CT molecular complexity index is 198. The normalized spacial score (nSPS) is 28.4. The van der Waals surface area contributed by atoms with Gasteiger partial charge in [-0.2, -0.15) is 0 Å². The third kappa shape index (κ3) is 9.70. The van der Waals surface area contributed by atoms with Crippen LogP contribution < -0.4 is 0 Å². The zero-order valence-electron chi connectivity index (χ0n) is 12.1. The van der Waals surface area contributed by atoms with E-state index < -0.39 is 0 Å². The van der Waals surface area contributed by atoms with Crippen LogP contribution in [-0.2, 0) is 0 Å². The lowest BCUT2D eigenvalue weighted by atomic mass is 10.0. The van der Waals surface area contributed by atoms with Gasteiger partial charge in [-0.15, -0.1) is 0 Å². The molecule has 1 unspecified atom stereocenters. The van der Waals surface area contributed by atoms with Gasteiger partial charge in [0.15, 0.2) is 0 Å². The van der Waals surface area contributed by atoms with Crippen LogP contribution in [0.25, 0.3) is 0 Å². The summed E-state index contributed by atoms with van der Waals surface area (Å²) >= 11 is 0. The molecule has 0 saturated heterocycles. The molecule has 0 saturated carbocycles. The molecule has 1 heteroatoms. The van der Waals surface area contributed by atoms with Gasteiger partial charge in [-0.1, -0.05) is 63.5 Å². The Morgan fingerprint density at radius 1 is 0.556 bits per heavy atom. The Hall–Kier alpha value is -0.300. The Morgan fingerprint density at radius 2 is 0.944 bits per heavy atom. The molecule has 0 amide bonds. The van der Waals surface area contributed by atoms with Crippen LogP contribution in [0.4, 0.5) is 0 Å². The second-order valence-corrected chi connectivity index (χ2v) is 5.82. The van der Waals surface area contributed by atoms with Gasteiger partial charge in [0.05, 0.1) is 6.10 Å². The summed E-state index contributed by atoms with van der Waals surface area (Å²) in [6.07, 6.45) is 22.5. The van der Waals surface area contributed by atoms with Crippen molar-refractivity contribution >= 4 is 0 Å². The van der Waals surface area contributed by atoms with Gasteiger partial charge in [0, 0.05) is 0 Å². The molecule has 1 nitrogen and oxygen atoms in total. The van der Waals surface area contributed by atoms with Gasteiger partial charge in [0.25, 0.3) is 0 Å².